The molecule has 0 bridgehead atoms. The lowest BCUT2D eigenvalue weighted by molar-refractivity contribution is -0.124. The number of hydrogen-bond donors (Lipinski definition) is 2. The third-order valence-corrected chi connectivity index (χ3v) is 4.38. The first-order chi connectivity index (χ1) is 9.09. The van der Waals surface area contributed by atoms with Crippen LogP contribution in [-0.2, 0) is 9.53 Å². The zero-order valence-corrected chi connectivity index (χ0v) is 11.7. The zero-order chi connectivity index (χ0) is 13.7. The molecule has 2 aliphatic rings. The van der Waals surface area contributed by atoms with Crippen molar-refractivity contribution in [2.24, 2.45) is 0 Å². The molecule has 0 atom stereocenters. The number of nitrogens with one attached hydrogen (secondary N) is 1. The van der Waals surface area contributed by atoms with Crippen molar-refractivity contribution in [1.82, 2.24) is 10.2 Å². The van der Waals surface area contributed by atoms with Crippen LogP contribution in [-0.4, -0.2) is 65.4 Å². The molecule has 2 fully saturated rings. The predicted molar refractivity (Wildman–Crippen MR) is 72.1 cm³/mol. The van der Waals surface area contributed by atoms with Gasteiger partial charge >= 0.3 is 0 Å². The second kappa shape index (κ2) is 6.58. The predicted octanol–water partition coefficient (Wildman–Crippen LogP) is 0.203. The second-order valence-corrected chi connectivity index (χ2v) is 6.01. The minimum atomic E-state index is -0.840. The summed E-state index contributed by atoms with van der Waals surface area (Å²) in [5.41, 5.74) is -0.840. The van der Waals surface area contributed by atoms with Gasteiger partial charge in [-0.15, -0.1) is 0 Å². The molecule has 0 unspecified atom stereocenters. The molecule has 0 spiro atoms. The Morgan fingerprint density at radius 3 is 2.84 bits per heavy atom. The van der Waals surface area contributed by atoms with Gasteiger partial charge in [-0.3, -0.25) is 9.59 Å². The molecule has 2 heterocycles. The summed E-state index contributed by atoms with van der Waals surface area (Å²) in [4.78, 5) is 24.7. The molecule has 19 heavy (non-hydrogen) atoms. The van der Waals surface area contributed by atoms with Crippen molar-refractivity contribution >= 4 is 22.9 Å². The van der Waals surface area contributed by atoms with E-state index >= 15 is 0 Å². The third kappa shape index (κ3) is 4.36. The molecular formula is C12H20N2O4S. The highest BCUT2D eigenvalue weighted by atomic mass is 32.2. The first-order valence-corrected chi connectivity index (χ1v) is 7.56. The van der Waals surface area contributed by atoms with Crippen molar-refractivity contribution in [1.29, 1.82) is 0 Å². The SMILES string of the molecule is O=C(CCN1CCSC1=O)NCC1(O)CCOCC1. The lowest BCUT2D eigenvalue weighted by Crippen LogP contribution is -2.47. The fourth-order valence-electron chi connectivity index (χ4n) is 2.14. The number of rotatable bonds is 5. The molecule has 108 valence electrons. The van der Waals surface area contributed by atoms with E-state index in [1.165, 1.54) is 11.8 Å². The van der Waals surface area contributed by atoms with E-state index in [0.717, 1.165) is 12.3 Å². The quantitative estimate of drug-likeness (QED) is 0.756. The van der Waals surface area contributed by atoms with E-state index in [1.54, 1.807) is 4.90 Å². The fraction of sp³-hybridized carbons (Fsp3) is 0.833. The van der Waals surface area contributed by atoms with E-state index in [0.29, 0.717) is 39.0 Å². The highest BCUT2D eigenvalue weighted by molar-refractivity contribution is 8.13. The molecule has 2 aliphatic heterocycles. The number of hydrogen-bond acceptors (Lipinski definition) is 5. The zero-order valence-electron chi connectivity index (χ0n) is 10.9. The van der Waals surface area contributed by atoms with Gasteiger partial charge in [-0.25, -0.2) is 0 Å². The molecule has 0 saturated carbocycles. The minimum Gasteiger partial charge on any atom is -0.388 e. The number of thioether (sulfide) groups is 1. The van der Waals surface area contributed by atoms with Crippen LogP contribution >= 0.6 is 11.8 Å². The van der Waals surface area contributed by atoms with Gasteiger partial charge in [0.15, 0.2) is 0 Å². The van der Waals surface area contributed by atoms with Gasteiger partial charge in [0.05, 0.1) is 5.60 Å². The average Bonchev–Trinajstić information content (AvgIpc) is 2.81. The van der Waals surface area contributed by atoms with Crippen LogP contribution in [0, 0.1) is 0 Å². The summed E-state index contributed by atoms with van der Waals surface area (Å²) in [5, 5.41) is 13.0. The normalized spacial score (nSPS) is 22.6. The Morgan fingerprint density at radius 2 is 2.21 bits per heavy atom. The van der Waals surface area contributed by atoms with Gasteiger partial charge in [0.2, 0.25) is 5.91 Å². The van der Waals surface area contributed by atoms with Gasteiger partial charge in [0.1, 0.15) is 0 Å². The Balaban J connectivity index is 1.65. The van der Waals surface area contributed by atoms with Crippen molar-refractivity contribution in [2.45, 2.75) is 24.9 Å². The highest BCUT2D eigenvalue weighted by Gasteiger charge is 2.30. The van der Waals surface area contributed by atoms with Crippen LogP contribution in [0.2, 0.25) is 0 Å². The first-order valence-electron chi connectivity index (χ1n) is 6.58. The van der Waals surface area contributed by atoms with Crippen LogP contribution in [0.15, 0.2) is 0 Å². The van der Waals surface area contributed by atoms with E-state index in [9.17, 15) is 14.7 Å². The molecule has 0 aromatic rings. The topological polar surface area (TPSA) is 78.9 Å². The van der Waals surface area contributed by atoms with Crippen LogP contribution in [0.1, 0.15) is 19.3 Å². The van der Waals surface area contributed by atoms with Crippen molar-refractivity contribution < 1.29 is 19.4 Å². The number of aliphatic hydroxyl groups is 1. The Labute approximate surface area is 116 Å². The Hall–Kier alpha value is -0.790. The summed E-state index contributed by atoms with van der Waals surface area (Å²) in [6.07, 6.45) is 1.39. The number of carbonyl (C=O) groups excluding carboxylic acids is 2. The molecule has 7 heteroatoms. The molecule has 0 aromatic carbocycles. The Morgan fingerprint density at radius 1 is 1.47 bits per heavy atom. The smallest absolute Gasteiger partial charge is 0.281 e. The molecule has 2 saturated heterocycles. The Kier molecular flexibility index (Phi) is 5.06. The summed E-state index contributed by atoms with van der Waals surface area (Å²) in [5.74, 6) is 0.685. The lowest BCUT2D eigenvalue weighted by Gasteiger charge is -2.32. The molecule has 2 amide bonds. The van der Waals surface area contributed by atoms with Crippen molar-refractivity contribution in [2.75, 3.05) is 38.6 Å². The fourth-order valence-corrected chi connectivity index (χ4v) is 3.00. The summed E-state index contributed by atoms with van der Waals surface area (Å²) >= 11 is 1.29. The van der Waals surface area contributed by atoms with E-state index in [4.69, 9.17) is 4.74 Å². The van der Waals surface area contributed by atoms with E-state index < -0.39 is 5.60 Å². The van der Waals surface area contributed by atoms with Gasteiger partial charge in [0, 0.05) is 57.9 Å². The molecular weight excluding hydrogens is 268 g/mol. The Bertz CT molecular complexity index is 345. The molecule has 0 radical (unpaired) electrons. The number of amides is 2. The molecule has 2 N–H and O–H groups in total. The summed E-state index contributed by atoms with van der Waals surface area (Å²) < 4.78 is 5.18. The maximum Gasteiger partial charge on any atom is 0.281 e. The van der Waals surface area contributed by atoms with Crippen LogP contribution in [0.4, 0.5) is 4.79 Å². The number of ether oxygens (including phenoxy) is 1. The van der Waals surface area contributed by atoms with E-state index in [-0.39, 0.29) is 17.7 Å². The number of carbonyl (C=O) groups is 2. The van der Waals surface area contributed by atoms with E-state index in [1.807, 2.05) is 0 Å². The van der Waals surface area contributed by atoms with Gasteiger partial charge in [-0.1, -0.05) is 11.8 Å². The second-order valence-electron chi connectivity index (χ2n) is 4.96. The van der Waals surface area contributed by atoms with Gasteiger partial charge in [-0.2, -0.15) is 0 Å². The highest BCUT2D eigenvalue weighted by Crippen LogP contribution is 2.19. The number of nitrogens with zero attached hydrogens (tertiary/aromatic N) is 1. The maximum absolute atomic E-state index is 11.7. The molecule has 6 nitrogen and oxygen atoms in total. The molecule has 0 aromatic heterocycles. The van der Waals surface area contributed by atoms with E-state index in [2.05, 4.69) is 5.32 Å². The van der Waals surface area contributed by atoms with Crippen LogP contribution in [0.5, 0.6) is 0 Å². The van der Waals surface area contributed by atoms with Crippen LogP contribution in [0.25, 0.3) is 0 Å². The van der Waals surface area contributed by atoms with Gasteiger partial charge in [0.25, 0.3) is 5.24 Å². The van der Waals surface area contributed by atoms with Crippen LogP contribution in [0.3, 0.4) is 0 Å². The molecule has 0 aliphatic carbocycles. The van der Waals surface area contributed by atoms with Gasteiger partial charge < -0.3 is 20.1 Å². The first kappa shape index (κ1) is 14.6. The lowest BCUT2D eigenvalue weighted by atomic mass is 9.94. The van der Waals surface area contributed by atoms with Crippen molar-refractivity contribution in [3.63, 3.8) is 0 Å². The summed E-state index contributed by atoms with van der Waals surface area (Å²) in [6.45, 7) is 2.51. The largest absolute Gasteiger partial charge is 0.388 e. The van der Waals surface area contributed by atoms with Crippen molar-refractivity contribution in [3.05, 3.63) is 0 Å². The summed E-state index contributed by atoms with van der Waals surface area (Å²) in [6, 6.07) is 0. The van der Waals surface area contributed by atoms with Crippen molar-refractivity contribution in [3.8, 4) is 0 Å². The monoisotopic (exact) mass is 288 g/mol. The minimum absolute atomic E-state index is 0.0517. The maximum atomic E-state index is 11.7. The van der Waals surface area contributed by atoms with Crippen LogP contribution < -0.4 is 5.32 Å². The summed E-state index contributed by atoms with van der Waals surface area (Å²) in [7, 11) is 0. The van der Waals surface area contributed by atoms with Gasteiger partial charge in [-0.05, 0) is 0 Å². The third-order valence-electron chi connectivity index (χ3n) is 3.49. The standard InChI is InChI=1S/C12H20N2O4S/c15-10(1-4-14-5-8-19-11(14)16)13-9-12(17)2-6-18-7-3-12/h17H,1-9H2,(H,13,15). The average molecular weight is 288 g/mol. The molecule has 2 rings (SSSR count).